The molecule has 0 aromatic heterocycles. The summed E-state index contributed by atoms with van der Waals surface area (Å²) in [6.07, 6.45) is 0. The molecule has 0 aliphatic rings. The first-order chi connectivity index (χ1) is 6.88. The lowest BCUT2D eigenvalue weighted by Gasteiger charge is -2.30. The van der Waals surface area contributed by atoms with E-state index < -0.39 is 5.41 Å². The Morgan fingerprint density at radius 2 is 2.00 bits per heavy atom. The van der Waals surface area contributed by atoms with Crippen molar-refractivity contribution in [3.63, 3.8) is 0 Å². The van der Waals surface area contributed by atoms with Gasteiger partial charge in [0.15, 0.2) is 0 Å². The highest BCUT2D eigenvalue weighted by atomic mass is 35.5. The highest BCUT2D eigenvalue weighted by Crippen LogP contribution is 2.34. The molecule has 92 valence electrons. The van der Waals surface area contributed by atoms with Crippen LogP contribution in [-0.4, -0.2) is 11.7 Å². The molecule has 1 rings (SSSR count). The molecule has 0 fully saturated rings. The lowest BCUT2D eigenvalue weighted by Crippen LogP contribution is -2.32. The van der Waals surface area contributed by atoms with Crippen LogP contribution in [0.5, 0.6) is 0 Å². The molecule has 0 heterocycles. The molecule has 1 aromatic carbocycles. The van der Waals surface area contributed by atoms with Crippen LogP contribution >= 0.6 is 24.0 Å². The van der Waals surface area contributed by atoms with Crippen LogP contribution < -0.4 is 11.5 Å². The van der Waals surface area contributed by atoms with Crippen LogP contribution in [0.4, 0.5) is 5.69 Å². The molecule has 5 N–H and O–H groups in total. The van der Waals surface area contributed by atoms with Crippen molar-refractivity contribution in [2.24, 2.45) is 11.1 Å². The number of hydrogen-bond acceptors (Lipinski definition) is 3. The molecular weight excluding hydrogens is 247 g/mol. The molecule has 3 nitrogen and oxygen atoms in total. The Bertz CT molecular complexity index is 356. The monoisotopic (exact) mass is 264 g/mol. The molecule has 0 aliphatic heterocycles. The van der Waals surface area contributed by atoms with Crippen molar-refractivity contribution in [1.29, 1.82) is 0 Å². The van der Waals surface area contributed by atoms with Crippen LogP contribution in [0.2, 0.25) is 5.02 Å². The van der Waals surface area contributed by atoms with E-state index in [1.807, 2.05) is 13.8 Å². The Kier molecular flexibility index (Phi) is 5.56. The summed E-state index contributed by atoms with van der Waals surface area (Å²) in [7, 11) is 0. The molecule has 0 spiro atoms. The van der Waals surface area contributed by atoms with E-state index >= 15 is 0 Å². The third-order valence-electron chi connectivity index (χ3n) is 2.63. The highest BCUT2D eigenvalue weighted by Gasteiger charge is 2.28. The zero-order chi connectivity index (χ0) is 11.6. The van der Waals surface area contributed by atoms with Crippen molar-refractivity contribution in [3.05, 3.63) is 28.8 Å². The van der Waals surface area contributed by atoms with Gasteiger partial charge in [-0.2, -0.15) is 0 Å². The zero-order valence-electron chi connectivity index (χ0n) is 9.40. The second-order valence-electron chi connectivity index (χ2n) is 4.40. The summed E-state index contributed by atoms with van der Waals surface area (Å²) >= 11 is 5.88. The van der Waals surface area contributed by atoms with Crippen LogP contribution in [0.3, 0.4) is 0 Å². The Labute approximate surface area is 107 Å². The van der Waals surface area contributed by atoms with Gasteiger partial charge in [-0.15, -0.1) is 12.4 Å². The van der Waals surface area contributed by atoms with Gasteiger partial charge in [-0.05, 0) is 23.8 Å². The fourth-order valence-corrected chi connectivity index (χ4v) is 1.51. The highest BCUT2D eigenvalue weighted by molar-refractivity contribution is 6.30. The Balaban J connectivity index is 0.00000225. The molecule has 0 amide bonds. The first-order valence-corrected chi connectivity index (χ1v) is 5.17. The van der Waals surface area contributed by atoms with Gasteiger partial charge in [0, 0.05) is 28.8 Å². The van der Waals surface area contributed by atoms with Crippen molar-refractivity contribution >= 4 is 29.7 Å². The number of nitrogen functional groups attached to an aromatic ring is 1. The maximum atomic E-state index is 9.23. The quantitative estimate of drug-likeness (QED) is 0.734. The summed E-state index contributed by atoms with van der Waals surface area (Å²) in [6, 6.07) is 4.87. The van der Waals surface area contributed by atoms with Gasteiger partial charge in [0.1, 0.15) is 0 Å². The second kappa shape index (κ2) is 5.73. The average molecular weight is 265 g/mol. The van der Waals surface area contributed by atoms with Crippen LogP contribution in [0, 0.1) is 5.41 Å². The fraction of sp³-hybridized carbons (Fsp3) is 0.455. The molecule has 5 heteroatoms. The number of aliphatic hydroxyl groups is 1. The van der Waals surface area contributed by atoms with E-state index in [1.165, 1.54) is 0 Å². The minimum absolute atomic E-state index is 0. The number of aliphatic hydroxyl groups excluding tert-OH is 1. The Morgan fingerprint density at radius 1 is 1.44 bits per heavy atom. The van der Waals surface area contributed by atoms with E-state index in [2.05, 4.69) is 0 Å². The standard InChI is InChI=1S/C11H17ClN2O.ClH/c1-11(2,6-15)10(14)8-5-7(12)3-4-9(8)13;/h3-5,10,15H,6,13-14H2,1-2H3;1H/t10-;/m1./s1. The number of benzene rings is 1. The summed E-state index contributed by atoms with van der Waals surface area (Å²) in [5, 5.41) is 9.83. The number of rotatable bonds is 3. The summed E-state index contributed by atoms with van der Waals surface area (Å²) in [5.74, 6) is 0. The second-order valence-corrected chi connectivity index (χ2v) is 4.83. The van der Waals surface area contributed by atoms with Gasteiger partial charge < -0.3 is 16.6 Å². The fourth-order valence-electron chi connectivity index (χ4n) is 1.33. The molecule has 0 bridgehead atoms. The van der Waals surface area contributed by atoms with E-state index in [0.29, 0.717) is 10.7 Å². The molecule has 0 aliphatic carbocycles. The molecule has 0 unspecified atom stereocenters. The number of halogens is 2. The third-order valence-corrected chi connectivity index (χ3v) is 2.87. The summed E-state index contributed by atoms with van der Waals surface area (Å²) in [6.45, 7) is 3.77. The zero-order valence-corrected chi connectivity index (χ0v) is 11.0. The molecule has 0 saturated carbocycles. The molecule has 0 saturated heterocycles. The minimum atomic E-state index is -0.418. The third kappa shape index (κ3) is 3.25. The van der Waals surface area contributed by atoms with Crippen molar-refractivity contribution in [3.8, 4) is 0 Å². The van der Waals surface area contributed by atoms with Crippen molar-refractivity contribution < 1.29 is 5.11 Å². The predicted octanol–water partition coefficient (Wildman–Crippen LogP) is 2.36. The first kappa shape index (κ1) is 15.5. The van der Waals surface area contributed by atoms with Crippen molar-refractivity contribution in [1.82, 2.24) is 0 Å². The van der Waals surface area contributed by atoms with Crippen LogP contribution in [0.25, 0.3) is 0 Å². The van der Waals surface area contributed by atoms with Crippen LogP contribution in [0.15, 0.2) is 18.2 Å². The van der Waals surface area contributed by atoms with Gasteiger partial charge in [0.25, 0.3) is 0 Å². The van der Waals surface area contributed by atoms with Gasteiger partial charge in [-0.1, -0.05) is 25.4 Å². The Morgan fingerprint density at radius 3 is 2.50 bits per heavy atom. The largest absolute Gasteiger partial charge is 0.398 e. The molecule has 1 atom stereocenters. The first-order valence-electron chi connectivity index (χ1n) is 4.80. The number of anilines is 1. The predicted molar refractivity (Wildman–Crippen MR) is 70.9 cm³/mol. The van der Waals surface area contributed by atoms with Crippen molar-refractivity contribution in [2.75, 3.05) is 12.3 Å². The lowest BCUT2D eigenvalue weighted by atomic mass is 9.81. The van der Waals surface area contributed by atoms with Gasteiger partial charge >= 0.3 is 0 Å². The molecule has 0 radical (unpaired) electrons. The smallest absolute Gasteiger partial charge is 0.0500 e. The molecular formula is C11H18Cl2N2O. The lowest BCUT2D eigenvalue weighted by molar-refractivity contribution is 0.132. The number of hydrogen-bond donors (Lipinski definition) is 3. The van der Waals surface area contributed by atoms with Crippen LogP contribution in [0.1, 0.15) is 25.5 Å². The Hall–Kier alpha value is -0.480. The van der Waals surface area contributed by atoms with Crippen LogP contribution in [-0.2, 0) is 0 Å². The van der Waals surface area contributed by atoms with Crippen molar-refractivity contribution in [2.45, 2.75) is 19.9 Å². The van der Waals surface area contributed by atoms with Gasteiger partial charge in [0.2, 0.25) is 0 Å². The SMILES string of the molecule is CC(C)(CO)[C@H](N)c1cc(Cl)ccc1N.Cl. The summed E-state index contributed by atoms with van der Waals surface area (Å²) in [5.41, 5.74) is 12.8. The maximum Gasteiger partial charge on any atom is 0.0500 e. The minimum Gasteiger partial charge on any atom is -0.398 e. The van der Waals surface area contributed by atoms with Gasteiger partial charge in [-0.3, -0.25) is 0 Å². The number of nitrogens with two attached hydrogens (primary N) is 2. The van der Waals surface area contributed by atoms with Gasteiger partial charge in [-0.25, -0.2) is 0 Å². The average Bonchev–Trinajstić information content (AvgIpc) is 2.20. The van der Waals surface area contributed by atoms with E-state index in [-0.39, 0.29) is 25.1 Å². The summed E-state index contributed by atoms with van der Waals surface area (Å²) < 4.78 is 0. The summed E-state index contributed by atoms with van der Waals surface area (Å²) in [4.78, 5) is 0. The normalized spacial score (nSPS) is 13.1. The van der Waals surface area contributed by atoms with E-state index in [0.717, 1.165) is 5.56 Å². The molecule has 1 aromatic rings. The molecule has 16 heavy (non-hydrogen) atoms. The van der Waals surface area contributed by atoms with E-state index in [4.69, 9.17) is 23.1 Å². The maximum absolute atomic E-state index is 9.23. The topological polar surface area (TPSA) is 72.3 Å². The van der Waals surface area contributed by atoms with E-state index in [1.54, 1.807) is 18.2 Å². The van der Waals surface area contributed by atoms with Gasteiger partial charge in [0.05, 0.1) is 0 Å². The van der Waals surface area contributed by atoms with E-state index in [9.17, 15) is 5.11 Å².